The highest BCUT2D eigenvalue weighted by atomic mass is 32.2. The van der Waals surface area contributed by atoms with Crippen LogP contribution in [-0.2, 0) is 21.9 Å². The van der Waals surface area contributed by atoms with Crippen LogP contribution in [0.1, 0.15) is 21.7 Å². The number of ether oxygens (including phenoxy) is 1. The van der Waals surface area contributed by atoms with Gasteiger partial charge in [-0.25, -0.2) is 12.8 Å². The van der Waals surface area contributed by atoms with Gasteiger partial charge in [-0.2, -0.15) is 9.82 Å². The molecule has 0 fully saturated rings. The Morgan fingerprint density at radius 2 is 1.85 bits per heavy atom. The summed E-state index contributed by atoms with van der Waals surface area (Å²) in [6.07, 6.45) is 3.47. The highest BCUT2D eigenvalue weighted by Crippen LogP contribution is 2.25. The molecule has 1 aliphatic rings. The van der Waals surface area contributed by atoms with E-state index in [1.807, 2.05) is 6.92 Å². The molecule has 0 saturated carbocycles. The number of anilines is 1. The van der Waals surface area contributed by atoms with Gasteiger partial charge in [0.2, 0.25) is 15.9 Å². The molecule has 39 heavy (non-hydrogen) atoms. The third-order valence-electron chi connectivity index (χ3n) is 5.70. The zero-order valence-corrected chi connectivity index (χ0v) is 22.2. The quantitative estimate of drug-likeness (QED) is 0.368. The van der Waals surface area contributed by atoms with Gasteiger partial charge in [0.1, 0.15) is 29.2 Å². The standard InChI is InChI=1S/C26H27FN6O5S/c1-16-4-8-20(9-5-16)39(36,37)31-25-11-7-19(14-33(25)15-24(28)34)38-18-6-10-21(27)22(13-18)29-26(35)23-12-17(2)30-32(23)3/h4-14,25,31H,15H2,1-3H3,(H2,28,34)(H,29,35). The van der Waals surface area contributed by atoms with E-state index in [9.17, 15) is 22.4 Å². The van der Waals surface area contributed by atoms with Crippen molar-refractivity contribution in [1.29, 1.82) is 0 Å². The first-order valence-corrected chi connectivity index (χ1v) is 13.2. The predicted molar refractivity (Wildman–Crippen MR) is 141 cm³/mol. The molecule has 0 aliphatic carbocycles. The average molecular weight is 555 g/mol. The number of nitrogens with zero attached hydrogens (tertiary/aromatic N) is 3. The molecule has 0 saturated heterocycles. The van der Waals surface area contributed by atoms with Gasteiger partial charge in [0.25, 0.3) is 5.91 Å². The number of primary amides is 1. The molecule has 1 aliphatic heterocycles. The number of hydrogen-bond acceptors (Lipinski definition) is 7. The van der Waals surface area contributed by atoms with Crippen molar-refractivity contribution in [3.8, 4) is 5.75 Å². The number of allylic oxidation sites excluding steroid dienone is 1. The van der Waals surface area contributed by atoms with Crippen LogP contribution in [0.25, 0.3) is 0 Å². The van der Waals surface area contributed by atoms with E-state index in [2.05, 4.69) is 15.1 Å². The topological polar surface area (TPSA) is 149 Å². The van der Waals surface area contributed by atoms with Crippen molar-refractivity contribution >= 4 is 27.5 Å². The van der Waals surface area contributed by atoms with Gasteiger partial charge < -0.3 is 20.7 Å². The number of benzene rings is 2. The Labute approximate surface area is 224 Å². The van der Waals surface area contributed by atoms with Crippen LogP contribution in [0.5, 0.6) is 5.75 Å². The molecule has 3 aromatic rings. The maximum Gasteiger partial charge on any atom is 0.274 e. The summed E-state index contributed by atoms with van der Waals surface area (Å²) in [5, 5.41) is 6.61. The second kappa shape index (κ2) is 11.1. The fourth-order valence-electron chi connectivity index (χ4n) is 3.83. The van der Waals surface area contributed by atoms with E-state index in [0.29, 0.717) is 5.69 Å². The summed E-state index contributed by atoms with van der Waals surface area (Å²) < 4.78 is 50.0. The minimum absolute atomic E-state index is 0.0636. The monoisotopic (exact) mass is 554 g/mol. The van der Waals surface area contributed by atoms with Crippen LogP contribution in [0.3, 0.4) is 0 Å². The van der Waals surface area contributed by atoms with E-state index < -0.39 is 33.8 Å². The summed E-state index contributed by atoms with van der Waals surface area (Å²) in [7, 11) is -2.32. The van der Waals surface area contributed by atoms with Crippen molar-refractivity contribution in [2.45, 2.75) is 24.9 Å². The molecule has 2 heterocycles. The lowest BCUT2D eigenvalue weighted by atomic mass is 10.2. The molecule has 4 N–H and O–H groups in total. The van der Waals surface area contributed by atoms with Crippen LogP contribution in [-0.4, -0.2) is 47.6 Å². The number of sulfonamides is 1. The molecule has 204 valence electrons. The van der Waals surface area contributed by atoms with Gasteiger partial charge in [-0.05, 0) is 56.3 Å². The Balaban J connectivity index is 1.51. The lowest BCUT2D eigenvalue weighted by Gasteiger charge is -2.31. The van der Waals surface area contributed by atoms with E-state index in [1.165, 1.54) is 52.2 Å². The fourth-order valence-corrected chi connectivity index (χ4v) is 4.99. The predicted octanol–water partition coefficient (Wildman–Crippen LogP) is 2.31. The van der Waals surface area contributed by atoms with E-state index in [1.54, 1.807) is 32.2 Å². The first kappa shape index (κ1) is 27.5. The number of aryl methyl sites for hydroxylation is 3. The minimum atomic E-state index is -3.92. The maximum atomic E-state index is 14.5. The van der Waals surface area contributed by atoms with Crippen LogP contribution >= 0.6 is 0 Å². The SMILES string of the molecule is Cc1ccc(S(=O)(=O)NC2C=CC(Oc3ccc(F)c(NC(=O)c4cc(C)nn4C)c3)=CN2CC(N)=O)cc1. The number of aromatic nitrogens is 2. The fraction of sp³-hybridized carbons (Fsp3) is 0.192. The first-order valence-electron chi connectivity index (χ1n) is 11.7. The van der Waals surface area contributed by atoms with Gasteiger partial charge in [-0.1, -0.05) is 17.7 Å². The van der Waals surface area contributed by atoms with Gasteiger partial charge in [0.05, 0.1) is 22.8 Å². The maximum absolute atomic E-state index is 14.5. The van der Waals surface area contributed by atoms with Crippen LogP contribution in [0.15, 0.2) is 77.5 Å². The van der Waals surface area contributed by atoms with Crippen molar-refractivity contribution in [1.82, 2.24) is 19.4 Å². The van der Waals surface area contributed by atoms with E-state index in [4.69, 9.17) is 10.5 Å². The number of amides is 2. The molecule has 0 spiro atoms. The third-order valence-corrected chi connectivity index (χ3v) is 7.14. The van der Waals surface area contributed by atoms with E-state index in [-0.39, 0.29) is 34.3 Å². The van der Waals surface area contributed by atoms with Crippen molar-refractivity contribution in [3.63, 3.8) is 0 Å². The second-order valence-corrected chi connectivity index (χ2v) is 10.6. The molecule has 0 radical (unpaired) electrons. The van der Waals surface area contributed by atoms with Crippen molar-refractivity contribution < 1.29 is 27.1 Å². The van der Waals surface area contributed by atoms with Crippen LogP contribution in [0.2, 0.25) is 0 Å². The Morgan fingerprint density at radius 3 is 2.49 bits per heavy atom. The zero-order valence-electron chi connectivity index (χ0n) is 21.4. The highest BCUT2D eigenvalue weighted by Gasteiger charge is 2.26. The molecule has 4 rings (SSSR count). The lowest BCUT2D eigenvalue weighted by Crippen LogP contribution is -2.48. The van der Waals surface area contributed by atoms with Crippen LogP contribution < -0.4 is 20.5 Å². The summed E-state index contributed by atoms with van der Waals surface area (Å²) in [4.78, 5) is 25.7. The number of nitrogens with two attached hydrogens (primary N) is 1. The van der Waals surface area contributed by atoms with Gasteiger partial charge >= 0.3 is 0 Å². The Morgan fingerprint density at radius 1 is 1.13 bits per heavy atom. The zero-order chi connectivity index (χ0) is 28.3. The van der Waals surface area contributed by atoms with Crippen molar-refractivity contribution in [2.24, 2.45) is 12.8 Å². The largest absolute Gasteiger partial charge is 0.456 e. The molecule has 13 heteroatoms. The van der Waals surface area contributed by atoms with Crippen LogP contribution in [0.4, 0.5) is 10.1 Å². The molecule has 0 bridgehead atoms. The summed E-state index contributed by atoms with van der Waals surface area (Å²) in [5.41, 5.74) is 7.05. The molecule has 2 aromatic carbocycles. The Kier molecular flexibility index (Phi) is 7.83. The van der Waals surface area contributed by atoms with Crippen molar-refractivity contribution in [3.05, 3.63) is 95.4 Å². The molecule has 1 unspecified atom stereocenters. The molecular formula is C26H27FN6O5S. The summed E-state index contributed by atoms with van der Waals surface area (Å²) in [6, 6.07) is 11.7. The molecule has 1 atom stereocenters. The lowest BCUT2D eigenvalue weighted by molar-refractivity contribution is -0.118. The van der Waals surface area contributed by atoms with E-state index in [0.717, 1.165) is 11.6 Å². The number of halogens is 1. The third kappa shape index (κ3) is 6.69. The molecular weight excluding hydrogens is 527 g/mol. The van der Waals surface area contributed by atoms with Gasteiger partial charge in [-0.3, -0.25) is 14.3 Å². The van der Waals surface area contributed by atoms with Gasteiger partial charge in [0, 0.05) is 19.3 Å². The van der Waals surface area contributed by atoms with E-state index >= 15 is 0 Å². The number of rotatable bonds is 9. The number of carbonyl (C=O) groups is 2. The molecule has 2 amide bonds. The average Bonchev–Trinajstić information content (AvgIpc) is 3.20. The normalized spacial score (nSPS) is 15.1. The molecule has 1 aromatic heterocycles. The number of nitrogens with one attached hydrogen (secondary N) is 2. The number of hydrogen-bond donors (Lipinski definition) is 3. The smallest absolute Gasteiger partial charge is 0.274 e. The first-order chi connectivity index (χ1) is 18.4. The number of carbonyl (C=O) groups excluding carboxylic acids is 2. The van der Waals surface area contributed by atoms with Gasteiger partial charge in [0.15, 0.2) is 0 Å². The molecule has 11 nitrogen and oxygen atoms in total. The summed E-state index contributed by atoms with van der Waals surface area (Å²) >= 11 is 0. The van der Waals surface area contributed by atoms with Crippen molar-refractivity contribution in [2.75, 3.05) is 11.9 Å². The van der Waals surface area contributed by atoms with Gasteiger partial charge in [-0.15, -0.1) is 0 Å². The summed E-state index contributed by atoms with van der Waals surface area (Å²) in [6.45, 7) is 3.26. The Bertz CT molecular complexity index is 1580. The highest BCUT2D eigenvalue weighted by molar-refractivity contribution is 7.89. The summed E-state index contributed by atoms with van der Waals surface area (Å²) in [5.74, 6) is -1.53. The minimum Gasteiger partial charge on any atom is -0.456 e. The second-order valence-electron chi connectivity index (χ2n) is 8.90. The van der Waals surface area contributed by atoms with Crippen LogP contribution in [0, 0.1) is 19.7 Å². The Hall–Kier alpha value is -4.49.